The second-order valence-corrected chi connectivity index (χ2v) is 9.31. The van der Waals surface area contributed by atoms with E-state index in [1.807, 2.05) is 0 Å². The maximum atomic E-state index is 2.67. The van der Waals surface area contributed by atoms with Crippen molar-refractivity contribution in [1.82, 2.24) is 0 Å². The molecule has 0 N–H and O–H groups in total. The summed E-state index contributed by atoms with van der Waals surface area (Å²) < 4.78 is 0. The molecular weight excluding hydrogens is 362 g/mol. The quantitative estimate of drug-likeness (QED) is 0.460. The number of nitrogens with zero attached hydrogens (tertiary/aromatic N) is 1. The molecule has 156 valence electrons. The van der Waals surface area contributed by atoms with Crippen molar-refractivity contribution in [2.45, 2.75) is 53.5 Å². The third-order valence-corrected chi connectivity index (χ3v) is 7.10. The lowest BCUT2D eigenvalue weighted by Gasteiger charge is -2.42. The lowest BCUT2D eigenvalue weighted by Crippen LogP contribution is -2.43. The Hall–Kier alpha value is -2.54. The Morgan fingerprint density at radius 2 is 1.80 bits per heavy atom. The normalized spacial score (nSPS) is 22.2. The van der Waals surface area contributed by atoms with Gasteiger partial charge in [0.15, 0.2) is 0 Å². The van der Waals surface area contributed by atoms with Gasteiger partial charge in [-0.05, 0) is 66.5 Å². The van der Waals surface area contributed by atoms with Gasteiger partial charge in [-0.2, -0.15) is 0 Å². The fraction of sp³-hybridized carbons (Fsp3) is 0.379. The van der Waals surface area contributed by atoms with E-state index < -0.39 is 0 Å². The summed E-state index contributed by atoms with van der Waals surface area (Å²) in [4.78, 5) is 2.67. The second-order valence-electron chi connectivity index (χ2n) is 9.31. The third-order valence-electron chi connectivity index (χ3n) is 7.10. The van der Waals surface area contributed by atoms with Crippen molar-refractivity contribution in [2.24, 2.45) is 11.3 Å². The molecule has 3 atom stereocenters. The predicted molar refractivity (Wildman–Crippen MR) is 131 cm³/mol. The van der Waals surface area contributed by atoms with Crippen LogP contribution in [0.2, 0.25) is 0 Å². The largest absolute Gasteiger partial charge is 0.360 e. The first kappa shape index (κ1) is 20.7. The topological polar surface area (TPSA) is 3.24 Å². The van der Waals surface area contributed by atoms with E-state index in [2.05, 4.69) is 112 Å². The van der Waals surface area contributed by atoms with Crippen molar-refractivity contribution in [1.29, 1.82) is 0 Å². The molecule has 3 unspecified atom stereocenters. The first-order chi connectivity index (χ1) is 14.5. The van der Waals surface area contributed by atoms with Crippen LogP contribution in [-0.4, -0.2) is 12.6 Å². The third kappa shape index (κ3) is 3.67. The van der Waals surface area contributed by atoms with E-state index in [-0.39, 0.29) is 5.41 Å². The molecule has 30 heavy (non-hydrogen) atoms. The Labute approximate surface area is 182 Å². The first-order valence-corrected chi connectivity index (χ1v) is 11.4. The Balaban J connectivity index is 1.82. The van der Waals surface area contributed by atoms with Crippen molar-refractivity contribution in [3.63, 3.8) is 0 Å². The maximum absolute atomic E-state index is 2.67. The standard InChI is InChI=1S/C29H35N/c1-6-18-29(5,7-2)20-30(26-15-11-8-12-21(26)3)27-17-16-22(4)28-24-14-10-9-13-23(24)19-25(27)28/h6,8-18,22,27H,7,19-20H2,1-5H3. The van der Waals surface area contributed by atoms with Crippen LogP contribution in [0.4, 0.5) is 5.69 Å². The molecular formula is C29H35N. The zero-order valence-corrected chi connectivity index (χ0v) is 19.2. The van der Waals surface area contributed by atoms with Gasteiger partial charge in [0.2, 0.25) is 0 Å². The molecule has 0 saturated carbocycles. The van der Waals surface area contributed by atoms with Crippen molar-refractivity contribution >= 4 is 11.3 Å². The molecule has 4 rings (SSSR count). The van der Waals surface area contributed by atoms with Crippen LogP contribution in [0.25, 0.3) is 5.57 Å². The number of rotatable bonds is 6. The van der Waals surface area contributed by atoms with Gasteiger partial charge in [0.1, 0.15) is 0 Å². The molecule has 0 spiro atoms. The average Bonchev–Trinajstić information content (AvgIpc) is 3.14. The zero-order valence-electron chi connectivity index (χ0n) is 19.2. The van der Waals surface area contributed by atoms with Crippen molar-refractivity contribution in [3.8, 4) is 0 Å². The summed E-state index contributed by atoms with van der Waals surface area (Å²) in [6.07, 6.45) is 11.7. The van der Waals surface area contributed by atoms with Crippen molar-refractivity contribution < 1.29 is 0 Å². The monoisotopic (exact) mass is 397 g/mol. The van der Waals surface area contributed by atoms with Crippen LogP contribution in [0, 0.1) is 18.3 Å². The number of hydrogen-bond acceptors (Lipinski definition) is 1. The predicted octanol–water partition coefficient (Wildman–Crippen LogP) is 7.38. The van der Waals surface area contributed by atoms with Gasteiger partial charge < -0.3 is 4.90 Å². The van der Waals surface area contributed by atoms with Gasteiger partial charge in [0, 0.05) is 17.6 Å². The number of para-hydroxylation sites is 1. The molecule has 2 aromatic rings. The van der Waals surface area contributed by atoms with Gasteiger partial charge in [-0.15, -0.1) is 0 Å². The minimum Gasteiger partial charge on any atom is -0.360 e. The summed E-state index contributed by atoms with van der Waals surface area (Å²) >= 11 is 0. The van der Waals surface area contributed by atoms with E-state index in [4.69, 9.17) is 0 Å². The Morgan fingerprint density at radius 3 is 2.53 bits per heavy atom. The molecule has 0 amide bonds. The van der Waals surface area contributed by atoms with Crippen LogP contribution in [0.5, 0.6) is 0 Å². The highest BCUT2D eigenvalue weighted by atomic mass is 15.2. The van der Waals surface area contributed by atoms with Crippen molar-refractivity contribution in [3.05, 3.63) is 95.1 Å². The SMILES string of the molecule is CC=CC(C)(CC)CN(c1ccccc1C)C1C=CC(C)C2=C1Cc1ccccc12. The number of anilines is 1. The van der Waals surface area contributed by atoms with Crippen molar-refractivity contribution in [2.75, 3.05) is 11.4 Å². The molecule has 0 bridgehead atoms. The van der Waals surface area contributed by atoms with Crippen LogP contribution in [-0.2, 0) is 6.42 Å². The van der Waals surface area contributed by atoms with E-state index >= 15 is 0 Å². The lowest BCUT2D eigenvalue weighted by molar-refractivity contribution is 0.402. The second kappa shape index (κ2) is 8.30. The van der Waals surface area contributed by atoms with Crippen LogP contribution < -0.4 is 4.90 Å². The number of allylic oxidation sites excluding steroid dienone is 3. The Kier molecular flexibility index (Phi) is 5.73. The van der Waals surface area contributed by atoms with Crippen LogP contribution >= 0.6 is 0 Å². The highest BCUT2D eigenvalue weighted by Crippen LogP contribution is 2.45. The molecule has 2 aliphatic carbocycles. The van der Waals surface area contributed by atoms with E-state index in [1.165, 1.54) is 22.4 Å². The minimum atomic E-state index is 0.139. The molecule has 1 heteroatoms. The highest BCUT2D eigenvalue weighted by molar-refractivity contribution is 5.82. The zero-order chi connectivity index (χ0) is 21.3. The molecule has 0 aliphatic heterocycles. The summed E-state index contributed by atoms with van der Waals surface area (Å²) in [5.41, 5.74) is 8.94. The van der Waals surface area contributed by atoms with Gasteiger partial charge in [-0.3, -0.25) is 0 Å². The van der Waals surface area contributed by atoms with Crippen LogP contribution in [0.1, 0.15) is 50.8 Å². The Bertz CT molecular complexity index is 1010. The maximum Gasteiger partial charge on any atom is 0.0696 e. The van der Waals surface area contributed by atoms with E-state index in [0.29, 0.717) is 12.0 Å². The summed E-state index contributed by atoms with van der Waals surface area (Å²) in [7, 11) is 0. The van der Waals surface area contributed by atoms with Gasteiger partial charge >= 0.3 is 0 Å². The fourth-order valence-corrected chi connectivity index (χ4v) is 5.28. The first-order valence-electron chi connectivity index (χ1n) is 11.4. The fourth-order valence-electron chi connectivity index (χ4n) is 5.28. The molecule has 2 aromatic carbocycles. The molecule has 1 nitrogen and oxygen atoms in total. The molecule has 0 radical (unpaired) electrons. The summed E-state index contributed by atoms with van der Waals surface area (Å²) in [5, 5.41) is 0. The minimum absolute atomic E-state index is 0.139. The molecule has 0 saturated heterocycles. The van der Waals surface area contributed by atoms with Crippen LogP contribution in [0.15, 0.2) is 78.4 Å². The smallest absolute Gasteiger partial charge is 0.0696 e. The number of benzene rings is 2. The van der Waals surface area contributed by atoms with Gasteiger partial charge in [0.25, 0.3) is 0 Å². The van der Waals surface area contributed by atoms with E-state index in [1.54, 1.807) is 11.1 Å². The lowest BCUT2D eigenvalue weighted by atomic mass is 9.82. The van der Waals surface area contributed by atoms with Gasteiger partial charge in [-0.1, -0.05) is 87.5 Å². The molecule has 2 aliphatic rings. The number of hydrogen-bond donors (Lipinski definition) is 0. The summed E-state index contributed by atoms with van der Waals surface area (Å²) in [6.45, 7) is 12.4. The van der Waals surface area contributed by atoms with E-state index in [0.717, 1.165) is 19.4 Å². The van der Waals surface area contributed by atoms with Gasteiger partial charge in [0.05, 0.1) is 6.04 Å². The Morgan fingerprint density at radius 1 is 1.07 bits per heavy atom. The molecule has 0 fully saturated rings. The van der Waals surface area contributed by atoms with Crippen LogP contribution in [0.3, 0.4) is 0 Å². The number of fused-ring (bicyclic) bond motifs is 2. The molecule has 0 aromatic heterocycles. The number of aryl methyl sites for hydroxylation is 1. The summed E-state index contributed by atoms with van der Waals surface area (Å²) in [6, 6.07) is 18.2. The van der Waals surface area contributed by atoms with Gasteiger partial charge in [-0.25, -0.2) is 0 Å². The molecule has 0 heterocycles. The average molecular weight is 398 g/mol. The van der Waals surface area contributed by atoms with E-state index in [9.17, 15) is 0 Å². The summed E-state index contributed by atoms with van der Waals surface area (Å²) in [5.74, 6) is 0.478. The highest BCUT2D eigenvalue weighted by Gasteiger charge is 2.36.